The number of hydrogen-bond donors (Lipinski definition) is 2. The molecular formula is C23H32N2O2S. The van der Waals surface area contributed by atoms with Crippen LogP contribution < -0.4 is 15.4 Å². The Labute approximate surface area is 172 Å². The van der Waals surface area contributed by atoms with E-state index in [0.29, 0.717) is 6.54 Å². The average molecular weight is 401 g/mol. The number of thiophene rings is 1. The Morgan fingerprint density at radius 3 is 2.57 bits per heavy atom. The Morgan fingerprint density at radius 1 is 1.18 bits per heavy atom. The van der Waals surface area contributed by atoms with Crippen molar-refractivity contribution in [3.63, 3.8) is 0 Å². The molecule has 0 saturated heterocycles. The minimum Gasteiger partial charge on any atom is -0.497 e. The van der Waals surface area contributed by atoms with E-state index < -0.39 is 0 Å². The van der Waals surface area contributed by atoms with Crippen molar-refractivity contribution in [2.75, 3.05) is 20.2 Å². The third-order valence-corrected chi connectivity index (χ3v) is 6.84. The van der Waals surface area contributed by atoms with Crippen LogP contribution in [0.4, 0.5) is 0 Å². The highest BCUT2D eigenvalue weighted by molar-refractivity contribution is 7.09. The molecular weight excluding hydrogens is 368 g/mol. The number of rotatable bonds is 9. The van der Waals surface area contributed by atoms with Gasteiger partial charge in [-0.25, -0.2) is 0 Å². The number of benzene rings is 1. The molecule has 2 aromatic rings. The molecule has 1 aliphatic rings. The molecule has 1 unspecified atom stereocenters. The van der Waals surface area contributed by atoms with E-state index in [1.807, 2.05) is 19.1 Å². The van der Waals surface area contributed by atoms with Crippen LogP contribution in [0.1, 0.15) is 49.5 Å². The van der Waals surface area contributed by atoms with Gasteiger partial charge in [0.2, 0.25) is 5.91 Å². The number of amides is 1. The zero-order valence-corrected chi connectivity index (χ0v) is 17.8. The van der Waals surface area contributed by atoms with Gasteiger partial charge in [0.25, 0.3) is 0 Å². The Hall–Kier alpha value is -1.85. The summed E-state index contributed by atoms with van der Waals surface area (Å²) >= 11 is 1.74. The standard InChI is InChI=1S/C23H32N2O2S/c1-18(22(26)24-15-12-21-7-6-16-28-21)25-17-23(13-4-3-5-14-23)19-8-10-20(27-2)11-9-19/h6-11,16,18,25H,3-5,12-15,17H2,1-2H3,(H,24,26). The third kappa shape index (κ3) is 5.36. The topological polar surface area (TPSA) is 50.4 Å². The van der Waals surface area contributed by atoms with E-state index in [4.69, 9.17) is 4.74 Å². The fourth-order valence-corrected chi connectivity index (χ4v) is 4.81. The van der Waals surface area contributed by atoms with Gasteiger partial charge in [0.15, 0.2) is 0 Å². The van der Waals surface area contributed by atoms with Crippen LogP contribution in [-0.4, -0.2) is 32.1 Å². The lowest BCUT2D eigenvalue weighted by molar-refractivity contribution is -0.122. The quantitative estimate of drug-likeness (QED) is 0.660. The van der Waals surface area contributed by atoms with Gasteiger partial charge < -0.3 is 15.4 Å². The molecule has 1 aromatic carbocycles. The molecule has 4 nitrogen and oxygen atoms in total. The SMILES string of the molecule is COc1ccc(C2(CNC(C)C(=O)NCCc3cccs3)CCCCC2)cc1. The van der Waals surface area contributed by atoms with Crippen LogP contribution in [0.3, 0.4) is 0 Å². The van der Waals surface area contributed by atoms with Crippen LogP contribution in [0, 0.1) is 0 Å². The molecule has 2 N–H and O–H groups in total. The third-order valence-electron chi connectivity index (χ3n) is 5.90. The maximum atomic E-state index is 12.5. The lowest BCUT2D eigenvalue weighted by atomic mass is 9.69. The lowest BCUT2D eigenvalue weighted by Crippen LogP contribution is -2.48. The van der Waals surface area contributed by atoms with Crippen LogP contribution >= 0.6 is 11.3 Å². The monoisotopic (exact) mass is 400 g/mol. The summed E-state index contributed by atoms with van der Waals surface area (Å²) in [5, 5.41) is 8.66. The van der Waals surface area contributed by atoms with Crippen LogP contribution in [0.15, 0.2) is 41.8 Å². The molecule has 5 heteroatoms. The van der Waals surface area contributed by atoms with E-state index in [-0.39, 0.29) is 17.4 Å². The summed E-state index contributed by atoms with van der Waals surface area (Å²) in [7, 11) is 1.70. The van der Waals surface area contributed by atoms with E-state index in [1.54, 1.807) is 18.4 Å². The highest BCUT2D eigenvalue weighted by atomic mass is 32.1. The molecule has 1 aromatic heterocycles. The van der Waals surface area contributed by atoms with E-state index in [9.17, 15) is 4.79 Å². The van der Waals surface area contributed by atoms with Crippen LogP contribution in [0.25, 0.3) is 0 Å². The summed E-state index contributed by atoms with van der Waals surface area (Å²) in [4.78, 5) is 13.8. The zero-order valence-electron chi connectivity index (χ0n) is 17.0. The predicted octanol–water partition coefficient (Wildman–Crippen LogP) is 4.30. The summed E-state index contributed by atoms with van der Waals surface area (Å²) in [6.45, 7) is 3.48. The smallest absolute Gasteiger partial charge is 0.236 e. The van der Waals surface area contributed by atoms with Crippen molar-refractivity contribution < 1.29 is 9.53 Å². The second-order valence-electron chi connectivity index (χ2n) is 7.79. The van der Waals surface area contributed by atoms with Gasteiger partial charge >= 0.3 is 0 Å². The van der Waals surface area contributed by atoms with E-state index in [0.717, 1.165) is 18.7 Å². The van der Waals surface area contributed by atoms with Gasteiger partial charge in [-0.1, -0.05) is 37.5 Å². The van der Waals surface area contributed by atoms with Crippen LogP contribution in [0.2, 0.25) is 0 Å². The molecule has 0 bridgehead atoms. The zero-order chi connectivity index (χ0) is 19.8. The molecule has 1 fully saturated rings. The maximum Gasteiger partial charge on any atom is 0.236 e. The van der Waals surface area contributed by atoms with Gasteiger partial charge in [-0.05, 0) is 55.3 Å². The number of nitrogens with one attached hydrogen (secondary N) is 2. The summed E-state index contributed by atoms with van der Waals surface area (Å²) < 4.78 is 5.32. The van der Waals surface area contributed by atoms with Gasteiger partial charge in [-0.15, -0.1) is 11.3 Å². The van der Waals surface area contributed by atoms with Crippen molar-refractivity contribution >= 4 is 17.2 Å². The van der Waals surface area contributed by atoms with Crippen molar-refractivity contribution in [3.05, 3.63) is 52.2 Å². The summed E-state index contributed by atoms with van der Waals surface area (Å²) in [5.74, 6) is 0.971. The number of ether oxygens (including phenoxy) is 1. The molecule has 1 aliphatic carbocycles. The molecule has 1 atom stereocenters. The summed E-state index contributed by atoms with van der Waals surface area (Å²) in [6.07, 6.45) is 7.02. The van der Waals surface area contributed by atoms with Gasteiger partial charge in [-0.3, -0.25) is 4.79 Å². The lowest BCUT2D eigenvalue weighted by Gasteiger charge is -2.39. The number of carbonyl (C=O) groups is 1. The Morgan fingerprint density at radius 2 is 1.93 bits per heavy atom. The van der Waals surface area contributed by atoms with Gasteiger partial charge in [0.1, 0.15) is 5.75 Å². The second-order valence-corrected chi connectivity index (χ2v) is 8.82. The van der Waals surface area contributed by atoms with Crippen molar-refractivity contribution in [2.24, 2.45) is 0 Å². The fourth-order valence-electron chi connectivity index (χ4n) is 4.10. The second kappa shape index (κ2) is 10.1. The molecule has 28 heavy (non-hydrogen) atoms. The highest BCUT2D eigenvalue weighted by Gasteiger charge is 2.34. The Kier molecular flexibility index (Phi) is 7.51. The van der Waals surface area contributed by atoms with E-state index in [2.05, 4.69) is 40.3 Å². The number of hydrogen-bond acceptors (Lipinski definition) is 4. The fraction of sp³-hybridized carbons (Fsp3) is 0.522. The Bertz CT molecular complexity index is 722. The molecule has 1 amide bonds. The highest BCUT2D eigenvalue weighted by Crippen LogP contribution is 2.39. The van der Waals surface area contributed by atoms with Crippen molar-refractivity contribution in [2.45, 2.75) is 56.9 Å². The van der Waals surface area contributed by atoms with Crippen LogP contribution in [0.5, 0.6) is 5.75 Å². The van der Waals surface area contributed by atoms with Gasteiger partial charge in [0.05, 0.1) is 13.2 Å². The minimum atomic E-state index is -0.194. The largest absolute Gasteiger partial charge is 0.497 e. The summed E-state index contributed by atoms with van der Waals surface area (Å²) in [6, 6.07) is 12.4. The van der Waals surface area contributed by atoms with Gasteiger partial charge in [0, 0.05) is 23.4 Å². The molecule has 3 rings (SSSR count). The molecule has 0 spiro atoms. The van der Waals surface area contributed by atoms with Crippen molar-refractivity contribution in [1.82, 2.24) is 10.6 Å². The predicted molar refractivity (Wildman–Crippen MR) is 116 cm³/mol. The number of carbonyl (C=O) groups excluding carboxylic acids is 1. The molecule has 1 heterocycles. The molecule has 1 saturated carbocycles. The maximum absolute atomic E-state index is 12.5. The first-order valence-corrected chi connectivity index (χ1v) is 11.2. The molecule has 152 valence electrons. The normalized spacial score (nSPS) is 17.1. The minimum absolute atomic E-state index is 0.0808. The first-order valence-electron chi connectivity index (χ1n) is 10.3. The van der Waals surface area contributed by atoms with Crippen molar-refractivity contribution in [3.8, 4) is 5.75 Å². The Balaban J connectivity index is 1.55. The summed E-state index contributed by atoms with van der Waals surface area (Å²) in [5.41, 5.74) is 1.46. The van der Waals surface area contributed by atoms with E-state index in [1.165, 1.54) is 42.5 Å². The average Bonchev–Trinajstić information content (AvgIpc) is 3.26. The van der Waals surface area contributed by atoms with Crippen LogP contribution in [-0.2, 0) is 16.6 Å². The molecule has 0 radical (unpaired) electrons. The van der Waals surface area contributed by atoms with Gasteiger partial charge in [-0.2, -0.15) is 0 Å². The van der Waals surface area contributed by atoms with E-state index >= 15 is 0 Å². The first-order chi connectivity index (χ1) is 13.6. The number of methoxy groups -OCH3 is 1. The first kappa shape index (κ1) is 20.9. The molecule has 0 aliphatic heterocycles. The van der Waals surface area contributed by atoms with Crippen molar-refractivity contribution in [1.29, 1.82) is 0 Å².